The monoisotopic (exact) mass is 353 g/mol. The van der Waals surface area contributed by atoms with Gasteiger partial charge in [0, 0.05) is 23.1 Å². The van der Waals surface area contributed by atoms with E-state index in [1.165, 1.54) is 25.8 Å². The Kier molecular flexibility index (Phi) is 4.00. The number of nitro groups is 1. The molecule has 0 aliphatic carbocycles. The molecule has 0 radical (unpaired) electrons. The average molecular weight is 353 g/mol. The van der Waals surface area contributed by atoms with E-state index in [1.54, 1.807) is 6.07 Å². The fourth-order valence-corrected chi connectivity index (χ4v) is 3.72. The summed E-state index contributed by atoms with van der Waals surface area (Å²) in [7, 11) is 2.99. The molecule has 0 saturated carbocycles. The van der Waals surface area contributed by atoms with Gasteiger partial charge in [-0.15, -0.1) is 0 Å². The van der Waals surface area contributed by atoms with E-state index in [0.29, 0.717) is 17.1 Å². The van der Waals surface area contributed by atoms with Crippen LogP contribution in [0.15, 0.2) is 36.4 Å². The van der Waals surface area contributed by atoms with Gasteiger partial charge in [0.2, 0.25) is 0 Å². The van der Waals surface area contributed by atoms with E-state index in [0.717, 1.165) is 29.6 Å². The fraction of sp³-hybridized carbons (Fsp3) is 0.263. The van der Waals surface area contributed by atoms with E-state index in [4.69, 9.17) is 9.47 Å². The quantitative estimate of drug-likeness (QED) is 0.555. The van der Waals surface area contributed by atoms with Crippen molar-refractivity contribution in [3.8, 4) is 11.5 Å². The van der Waals surface area contributed by atoms with Crippen molar-refractivity contribution < 1.29 is 14.4 Å². The van der Waals surface area contributed by atoms with Crippen LogP contribution in [-0.4, -0.2) is 30.7 Å². The molecular weight excluding hydrogens is 334 g/mol. The van der Waals surface area contributed by atoms with Crippen LogP contribution < -0.4 is 14.8 Å². The van der Waals surface area contributed by atoms with Crippen LogP contribution >= 0.6 is 0 Å². The molecule has 1 atom stereocenters. The molecule has 3 aromatic rings. The lowest BCUT2D eigenvalue weighted by Gasteiger charge is -2.25. The standard InChI is InChI=1S/C19H19N3O4/c1-25-16-9-13(15(22(23)24)10-17(16)26-2)18-19-12(7-8-20-18)11-5-3-4-6-14(11)21-19/h3-6,9-10,18,20-21H,7-8H2,1-2H3. The van der Waals surface area contributed by atoms with Crippen molar-refractivity contribution >= 4 is 16.6 Å². The van der Waals surface area contributed by atoms with Gasteiger partial charge in [-0.25, -0.2) is 0 Å². The zero-order valence-corrected chi connectivity index (χ0v) is 14.5. The van der Waals surface area contributed by atoms with E-state index >= 15 is 0 Å². The molecule has 1 unspecified atom stereocenters. The molecule has 134 valence electrons. The number of aromatic amines is 1. The minimum atomic E-state index is -0.379. The summed E-state index contributed by atoms with van der Waals surface area (Å²) in [5.41, 5.74) is 3.77. The highest BCUT2D eigenvalue weighted by Gasteiger charge is 2.31. The largest absolute Gasteiger partial charge is 0.493 e. The van der Waals surface area contributed by atoms with Crippen molar-refractivity contribution in [2.75, 3.05) is 20.8 Å². The second-order valence-corrected chi connectivity index (χ2v) is 6.22. The Bertz CT molecular complexity index is 996. The third-order valence-corrected chi connectivity index (χ3v) is 4.90. The van der Waals surface area contributed by atoms with Crippen LogP contribution in [0.1, 0.15) is 22.9 Å². The molecule has 1 aliphatic heterocycles. The summed E-state index contributed by atoms with van der Waals surface area (Å²) in [6.07, 6.45) is 0.872. The van der Waals surface area contributed by atoms with E-state index < -0.39 is 0 Å². The first-order valence-electron chi connectivity index (χ1n) is 8.37. The van der Waals surface area contributed by atoms with Gasteiger partial charge in [0.15, 0.2) is 11.5 Å². The maximum absolute atomic E-state index is 11.7. The molecule has 0 bridgehead atoms. The number of nitrogens with zero attached hydrogens (tertiary/aromatic N) is 1. The molecule has 0 saturated heterocycles. The molecule has 1 aromatic heterocycles. The predicted octanol–water partition coefficient (Wildman–Crippen LogP) is 3.33. The lowest BCUT2D eigenvalue weighted by Crippen LogP contribution is -2.31. The van der Waals surface area contributed by atoms with Crippen molar-refractivity contribution in [2.24, 2.45) is 0 Å². The third-order valence-electron chi connectivity index (χ3n) is 4.90. The summed E-state index contributed by atoms with van der Waals surface area (Å²) < 4.78 is 10.6. The van der Waals surface area contributed by atoms with Crippen LogP contribution in [-0.2, 0) is 6.42 Å². The number of fused-ring (bicyclic) bond motifs is 3. The number of hydrogen-bond donors (Lipinski definition) is 2. The molecule has 2 N–H and O–H groups in total. The summed E-state index contributed by atoms with van der Waals surface area (Å²) in [6, 6.07) is 10.9. The molecule has 2 heterocycles. The summed E-state index contributed by atoms with van der Waals surface area (Å²) in [4.78, 5) is 14.7. The average Bonchev–Trinajstić information content (AvgIpc) is 3.05. The van der Waals surface area contributed by atoms with Crippen LogP contribution in [0.2, 0.25) is 0 Å². The Balaban J connectivity index is 1.93. The zero-order valence-electron chi connectivity index (χ0n) is 14.5. The number of nitro benzene ring substituents is 1. The Hall–Kier alpha value is -3.06. The lowest BCUT2D eigenvalue weighted by atomic mass is 9.93. The number of para-hydroxylation sites is 1. The second kappa shape index (κ2) is 6.34. The number of benzene rings is 2. The van der Waals surface area contributed by atoms with Gasteiger partial charge >= 0.3 is 0 Å². The van der Waals surface area contributed by atoms with Crippen LogP contribution in [0.5, 0.6) is 11.5 Å². The number of nitrogens with one attached hydrogen (secondary N) is 2. The molecule has 0 amide bonds. The minimum Gasteiger partial charge on any atom is -0.493 e. The number of methoxy groups -OCH3 is 2. The van der Waals surface area contributed by atoms with Gasteiger partial charge < -0.3 is 19.8 Å². The number of H-pyrrole nitrogens is 1. The number of aromatic nitrogens is 1. The number of ether oxygens (including phenoxy) is 2. The highest BCUT2D eigenvalue weighted by Crippen LogP contribution is 2.41. The van der Waals surface area contributed by atoms with Gasteiger partial charge in [0.05, 0.1) is 36.8 Å². The molecule has 1 aliphatic rings. The van der Waals surface area contributed by atoms with Gasteiger partial charge in [-0.1, -0.05) is 18.2 Å². The Labute approximate surface area is 150 Å². The van der Waals surface area contributed by atoms with E-state index in [9.17, 15) is 10.1 Å². The maximum Gasteiger partial charge on any atom is 0.278 e. The van der Waals surface area contributed by atoms with E-state index in [-0.39, 0.29) is 16.7 Å². The van der Waals surface area contributed by atoms with Gasteiger partial charge in [0.1, 0.15) is 0 Å². The maximum atomic E-state index is 11.7. The van der Waals surface area contributed by atoms with E-state index in [1.807, 2.05) is 18.2 Å². The molecule has 0 spiro atoms. The van der Waals surface area contributed by atoms with Gasteiger partial charge in [-0.3, -0.25) is 10.1 Å². The lowest BCUT2D eigenvalue weighted by molar-refractivity contribution is -0.385. The summed E-state index contributed by atoms with van der Waals surface area (Å²) >= 11 is 0. The molecule has 7 nitrogen and oxygen atoms in total. The normalized spacial score (nSPS) is 16.3. The summed E-state index contributed by atoms with van der Waals surface area (Å²) in [6.45, 7) is 0.741. The first kappa shape index (κ1) is 16.4. The van der Waals surface area contributed by atoms with E-state index in [2.05, 4.69) is 16.4 Å². The molecule has 7 heteroatoms. The van der Waals surface area contributed by atoms with Gasteiger partial charge in [-0.2, -0.15) is 0 Å². The predicted molar refractivity (Wildman–Crippen MR) is 98.0 cm³/mol. The van der Waals surface area contributed by atoms with Gasteiger partial charge in [-0.05, 0) is 24.1 Å². The molecular formula is C19H19N3O4. The van der Waals surface area contributed by atoms with Crippen LogP contribution in [0.25, 0.3) is 10.9 Å². The first-order valence-corrected chi connectivity index (χ1v) is 8.37. The van der Waals surface area contributed by atoms with Crippen LogP contribution in [0.4, 0.5) is 5.69 Å². The van der Waals surface area contributed by atoms with Crippen molar-refractivity contribution in [2.45, 2.75) is 12.5 Å². The van der Waals surface area contributed by atoms with Crippen molar-refractivity contribution in [1.82, 2.24) is 10.3 Å². The summed E-state index contributed by atoms with van der Waals surface area (Å²) in [5.74, 6) is 0.814. The Morgan fingerprint density at radius 1 is 1.15 bits per heavy atom. The van der Waals surface area contributed by atoms with Crippen molar-refractivity contribution in [3.63, 3.8) is 0 Å². The van der Waals surface area contributed by atoms with Crippen LogP contribution in [0.3, 0.4) is 0 Å². The van der Waals surface area contributed by atoms with Gasteiger partial charge in [0.25, 0.3) is 5.69 Å². The second-order valence-electron chi connectivity index (χ2n) is 6.22. The number of hydrogen-bond acceptors (Lipinski definition) is 5. The third kappa shape index (κ3) is 2.48. The molecule has 2 aromatic carbocycles. The zero-order chi connectivity index (χ0) is 18.3. The molecule has 4 rings (SSSR count). The van der Waals surface area contributed by atoms with Crippen molar-refractivity contribution in [1.29, 1.82) is 0 Å². The SMILES string of the molecule is COc1cc(C2NCCc3c2[nH]c2ccccc32)c([N+](=O)[O-])cc1OC. The first-order chi connectivity index (χ1) is 12.6. The molecule has 26 heavy (non-hydrogen) atoms. The number of rotatable bonds is 4. The van der Waals surface area contributed by atoms with Crippen LogP contribution in [0, 0.1) is 10.1 Å². The summed E-state index contributed by atoms with van der Waals surface area (Å²) in [5, 5.41) is 16.3. The topological polar surface area (TPSA) is 89.4 Å². The van der Waals surface area contributed by atoms with Crippen molar-refractivity contribution in [3.05, 3.63) is 63.3 Å². The smallest absolute Gasteiger partial charge is 0.278 e. The highest BCUT2D eigenvalue weighted by atomic mass is 16.6. The Morgan fingerprint density at radius 2 is 1.88 bits per heavy atom. The Morgan fingerprint density at radius 3 is 2.62 bits per heavy atom. The molecule has 0 fully saturated rings. The minimum absolute atomic E-state index is 0.00616. The highest BCUT2D eigenvalue weighted by molar-refractivity contribution is 5.85. The fourth-order valence-electron chi connectivity index (χ4n) is 3.72.